The zero-order chi connectivity index (χ0) is 25.8. The van der Waals surface area contributed by atoms with Crippen LogP contribution in [0.5, 0.6) is 0 Å². The Labute approximate surface area is 216 Å². The van der Waals surface area contributed by atoms with E-state index < -0.39 is 5.97 Å². The predicted molar refractivity (Wildman–Crippen MR) is 139 cm³/mol. The van der Waals surface area contributed by atoms with E-state index in [2.05, 4.69) is 22.0 Å². The number of nitrogens with zero attached hydrogens (tertiary/aromatic N) is 4. The van der Waals surface area contributed by atoms with Gasteiger partial charge in [0, 0.05) is 60.2 Å². The standard InChI is InChI=1S/C28H31ClN4O3/c1-18(13-25(35)36)12-24(34)26-23-15-20(16-30)17-31-28(23)32(2)27(26)21-7-10-33(11-8-21)9-6-19-4-3-5-22(29)14-19/h3-5,14-15,17-18,21H,6-13H2,1-2H3,(H,35,36)/t18-/m0/s1. The van der Waals surface area contributed by atoms with Gasteiger partial charge < -0.3 is 14.6 Å². The Balaban J connectivity index is 1.56. The molecule has 4 rings (SSSR count). The maximum Gasteiger partial charge on any atom is 0.303 e. The van der Waals surface area contributed by atoms with Crippen LogP contribution in [0.3, 0.4) is 0 Å². The third-order valence-electron chi connectivity index (χ3n) is 7.12. The first-order valence-electron chi connectivity index (χ1n) is 12.4. The lowest BCUT2D eigenvalue weighted by atomic mass is 9.87. The number of carboxylic acids is 1. The Kier molecular flexibility index (Phi) is 8.07. The molecule has 1 N–H and O–H groups in total. The molecule has 1 fully saturated rings. The van der Waals surface area contributed by atoms with E-state index in [4.69, 9.17) is 16.7 Å². The molecule has 1 atom stereocenters. The molecule has 0 radical (unpaired) electrons. The number of ketones is 1. The predicted octanol–water partition coefficient (Wildman–Crippen LogP) is 5.20. The van der Waals surface area contributed by atoms with Gasteiger partial charge in [-0.1, -0.05) is 30.7 Å². The highest BCUT2D eigenvalue weighted by atomic mass is 35.5. The van der Waals surface area contributed by atoms with Crippen molar-refractivity contribution in [3.8, 4) is 6.07 Å². The second-order valence-corrected chi connectivity index (χ2v) is 10.3. The van der Waals surface area contributed by atoms with Gasteiger partial charge in [0.1, 0.15) is 11.7 Å². The van der Waals surface area contributed by atoms with Gasteiger partial charge in [-0.25, -0.2) is 4.98 Å². The van der Waals surface area contributed by atoms with E-state index in [1.165, 1.54) is 11.8 Å². The van der Waals surface area contributed by atoms with Crippen molar-refractivity contribution in [3.63, 3.8) is 0 Å². The van der Waals surface area contributed by atoms with Crippen LogP contribution < -0.4 is 0 Å². The normalized spacial score (nSPS) is 15.6. The number of carbonyl (C=O) groups excluding carboxylic acids is 1. The summed E-state index contributed by atoms with van der Waals surface area (Å²) in [7, 11) is 1.93. The minimum absolute atomic E-state index is 0.0570. The van der Waals surface area contributed by atoms with Crippen molar-refractivity contribution < 1.29 is 14.7 Å². The van der Waals surface area contributed by atoms with Crippen molar-refractivity contribution in [1.29, 1.82) is 5.26 Å². The van der Waals surface area contributed by atoms with E-state index in [0.29, 0.717) is 22.2 Å². The molecule has 0 amide bonds. The van der Waals surface area contributed by atoms with Crippen molar-refractivity contribution >= 4 is 34.4 Å². The second-order valence-electron chi connectivity index (χ2n) is 9.85. The van der Waals surface area contributed by atoms with Crippen LogP contribution in [-0.4, -0.2) is 50.9 Å². The van der Waals surface area contributed by atoms with Crippen molar-refractivity contribution in [3.05, 3.63) is 63.9 Å². The number of carbonyl (C=O) groups is 2. The third kappa shape index (κ3) is 5.77. The van der Waals surface area contributed by atoms with Gasteiger partial charge in [-0.2, -0.15) is 5.26 Å². The third-order valence-corrected chi connectivity index (χ3v) is 7.35. The Morgan fingerprint density at radius 2 is 2.00 bits per heavy atom. The van der Waals surface area contributed by atoms with Crippen LogP contribution in [0.4, 0.5) is 0 Å². The number of hydrogen-bond acceptors (Lipinski definition) is 5. The fraction of sp³-hybridized carbons (Fsp3) is 0.429. The van der Waals surface area contributed by atoms with Gasteiger partial charge in [-0.05, 0) is 62.0 Å². The van der Waals surface area contributed by atoms with Crippen molar-refractivity contribution in [2.45, 2.75) is 44.9 Å². The van der Waals surface area contributed by atoms with Gasteiger partial charge in [-0.15, -0.1) is 0 Å². The molecule has 36 heavy (non-hydrogen) atoms. The monoisotopic (exact) mass is 506 g/mol. The lowest BCUT2D eigenvalue weighted by molar-refractivity contribution is -0.137. The van der Waals surface area contributed by atoms with Crippen LogP contribution in [0.2, 0.25) is 5.02 Å². The summed E-state index contributed by atoms with van der Waals surface area (Å²) < 4.78 is 2.00. The highest BCUT2D eigenvalue weighted by Crippen LogP contribution is 2.37. The molecular weight excluding hydrogens is 476 g/mol. The number of carboxylic acid groups (broad SMARTS) is 1. The summed E-state index contributed by atoms with van der Waals surface area (Å²) in [5.74, 6) is -1.08. The highest BCUT2D eigenvalue weighted by molar-refractivity contribution is 6.30. The average Bonchev–Trinajstić information content (AvgIpc) is 3.14. The number of benzene rings is 1. The summed E-state index contributed by atoms with van der Waals surface area (Å²) in [5, 5.41) is 20.0. The molecule has 8 heteroatoms. The number of fused-ring (bicyclic) bond motifs is 1. The number of likely N-dealkylation sites (tertiary alicyclic amines) is 1. The molecule has 1 aromatic carbocycles. The zero-order valence-electron chi connectivity index (χ0n) is 20.7. The van der Waals surface area contributed by atoms with Gasteiger partial charge in [0.15, 0.2) is 5.78 Å². The molecular formula is C28H31ClN4O3. The summed E-state index contributed by atoms with van der Waals surface area (Å²) in [6, 6.07) is 11.8. The molecule has 0 unspecified atom stereocenters. The van der Waals surface area contributed by atoms with Crippen molar-refractivity contribution in [1.82, 2.24) is 14.5 Å². The minimum atomic E-state index is -0.910. The van der Waals surface area contributed by atoms with Crippen LogP contribution in [0, 0.1) is 17.2 Å². The molecule has 1 aliphatic heterocycles. The summed E-state index contributed by atoms with van der Waals surface area (Å²) in [6.07, 6.45) is 4.38. The van der Waals surface area contributed by atoms with Gasteiger partial charge in [0.2, 0.25) is 0 Å². The lowest BCUT2D eigenvalue weighted by Gasteiger charge is -2.32. The second kappa shape index (κ2) is 11.2. The smallest absolute Gasteiger partial charge is 0.303 e. The minimum Gasteiger partial charge on any atom is -0.481 e. The Hall–Kier alpha value is -3.21. The van der Waals surface area contributed by atoms with E-state index in [-0.39, 0.29) is 30.5 Å². The first-order valence-corrected chi connectivity index (χ1v) is 12.7. The highest BCUT2D eigenvalue weighted by Gasteiger charge is 2.31. The molecule has 0 aliphatic carbocycles. The summed E-state index contributed by atoms with van der Waals surface area (Å²) in [5.41, 5.74) is 3.87. The van der Waals surface area contributed by atoms with E-state index in [1.54, 1.807) is 13.0 Å². The molecule has 3 aromatic rings. The van der Waals surface area contributed by atoms with E-state index in [1.807, 2.05) is 29.8 Å². The number of nitriles is 1. The first kappa shape index (κ1) is 25.9. The molecule has 0 spiro atoms. The number of halogens is 1. The first-order chi connectivity index (χ1) is 17.3. The molecule has 188 valence electrons. The maximum atomic E-state index is 13.5. The van der Waals surface area contributed by atoms with Gasteiger partial charge >= 0.3 is 5.97 Å². The summed E-state index contributed by atoms with van der Waals surface area (Å²) >= 11 is 6.12. The molecule has 1 saturated heterocycles. The SMILES string of the molecule is C[C@H](CC(=O)O)CC(=O)c1c(C2CCN(CCc3cccc(Cl)c3)CC2)n(C)c2ncc(C#N)cc12. The summed E-state index contributed by atoms with van der Waals surface area (Å²) in [6.45, 7) is 4.58. The van der Waals surface area contributed by atoms with Crippen LogP contribution in [-0.2, 0) is 18.3 Å². The lowest BCUT2D eigenvalue weighted by Crippen LogP contribution is -2.35. The van der Waals surface area contributed by atoms with Crippen molar-refractivity contribution in [2.75, 3.05) is 19.6 Å². The Morgan fingerprint density at radius 3 is 2.67 bits per heavy atom. The van der Waals surface area contributed by atoms with Gasteiger partial charge in [-0.3, -0.25) is 9.59 Å². The number of Topliss-reactive ketones (excluding diaryl/α,β-unsaturated/α-hetero) is 1. The van der Waals surface area contributed by atoms with Gasteiger partial charge in [0.05, 0.1) is 5.56 Å². The van der Waals surface area contributed by atoms with Crippen LogP contribution in [0.1, 0.15) is 65.7 Å². The van der Waals surface area contributed by atoms with Crippen LogP contribution in [0.15, 0.2) is 36.5 Å². The number of hydrogen-bond donors (Lipinski definition) is 1. The Bertz CT molecular complexity index is 1320. The van der Waals surface area contributed by atoms with Gasteiger partial charge in [0.25, 0.3) is 0 Å². The fourth-order valence-electron chi connectivity index (χ4n) is 5.36. The molecule has 0 saturated carbocycles. The maximum absolute atomic E-state index is 13.5. The number of aliphatic carboxylic acids is 1. The average molecular weight is 507 g/mol. The topological polar surface area (TPSA) is 99.2 Å². The number of piperidine rings is 1. The summed E-state index contributed by atoms with van der Waals surface area (Å²) in [4.78, 5) is 31.6. The van der Waals surface area contributed by atoms with Crippen molar-refractivity contribution in [2.24, 2.45) is 13.0 Å². The number of pyridine rings is 1. The molecule has 7 nitrogen and oxygen atoms in total. The van der Waals surface area contributed by atoms with E-state index in [0.717, 1.165) is 49.6 Å². The van der Waals surface area contributed by atoms with Crippen LogP contribution in [0.25, 0.3) is 11.0 Å². The molecule has 2 aromatic heterocycles. The number of aryl methyl sites for hydroxylation is 1. The molecule has 1 aliphatic rings. The Morgan fingerprint density at radius 1 is 1.25 bits per heavy atom. The fourth-order valence-corrected chi connectivity index (χ4v) is 5.57. The molecule has 0 bridgehead atoms. The number of aromatic nitrogens is 2. The van der Waals surface area contributed by atoms with Crippen LogP contribution >= 0.6 is 11.6 Å². The molecule has 3 heterocycles. The quantitative estimate of drug-likeness (QED) is 0.400. The van der Waals surface area contributed by atoms with E-state index >= 15 is 0 Å². The van der Waals surface area contributed by atoms with E-state index in [9.17, 15) is 14.9 Å². The number of rotatable bonds is 9. The zero-order valence-corrected chi connectivity index (χ0v) is 21.5. The largest absolute Gasteiger partial charge is 0.481 e.